The summed E-state index contributed by atoms with van der Waals surface area (Å²) in [5.41, 5.74) is 5.28. The van der Waals surface area contributed by atoms with E-state index in [0.717, 1.165) is 28.1 Å². The van der Waals surface area contributed by atoms with Crippen LogP contribution in [0.1, 0.15) is 51.3 Å². The van der Waals surface area contributed by atoms with Gasteiger partial charge in [-0.1, -0.05) is 45.0 Å². The van der Waals surface area contributed by atoms with Gasteiger partial charge in [-0.3, -0.25) is 0 Å². The molecule has 0 amide bonds. The molecule has 1 saturated heterocycles. The molecule has 2 heterocycles. The summed E-state index contributed by atoms with van der Waals surface area (Å²) in [6.45, 7) is 11.8. The molecule has 0 unspecified atom stereocenters. The molecule has 0 radical (unpaired) electrons. The molecule has 4 rings (SSSR count). The number of rotatable bonds is 3. The first-order valence-corrected chi connectivity index (χ1v) is 10.2. The molecule has 0 saturated carbocycles. The van der Waals surface area contributed by atoms with Crippen LogP contribution in [0.4, 0.5) is 5.69 Å². The zero-order valence-electron chi connectivity index (χ0n) is 17.8. The fourth-order valence-electron chi connectivity index (χ4n) is 3.98. The number of aliphatic carboxylic acids is 1. The normalized spacial score (nSPS) is 18.4. The van der Waals surface area contributed by atoms with Crippen LogP contribution in [0.2, 0.25) is 0 Å². The number of fused-ring (bicyclic) bond motifs is 1. The molecular formula is C25H28NO3-. The van der Waals surface area contributed by atoms with Crippen LogP contribution in [-0.4, -0.2) is 24.7 Å². The van der Waals surface area contributed by atoms with Gasteiger partial charge < -0.3 is 19.5 Å². The average molecular weight is 391 g/mol. The lowest BCUT2D eigenvalue weighted by molar-refractivity contribution is -0.312. The second kappa shape index (κ2) is 6.65. The Bertz CT molecular complexity index is 991. The summed E-state index contributed by atoms with van der Waals surface area (Å²) in [4.78, 5) is 13.1. The van der Waals surface area contributed by atoms with Crippen molar-refractivity contribution >= 4 is 17.2 Å². The fourth-order valence-corrected chi connectivity index (χ4v) is 3.98. The number of benzene rings is 2. The third kappa shape index (κ3) is 3.76. The third-order valence-electron chi connectivity index (χ3n) is 5.74. The Hall–Kier alpha value is -2.75. The van der Waals surface area contributed by atoms with Crippen LogP contribution in [0.5, 0.6) is 5.75 Å². The van der Waals surface area contributed by atoms with E-state index >= 15 is 0 Å². The van der Waals surface area contributed by atoms with Crippen LogP contribution in [0.25, 0.3) is 5.57 Å². The van der Waals surface area contributed by atoms with Gasteiger partial charge in [0.2, 0.25) is 0 Å². The van der Waals surface area contributed by atoms with Crippen molar-refractivity contribution in [3.8, 4) is 5.75 Å². The highest BCUT2D eigenvalue weighted by molar-refractivity contribution is 5.86. The highest BCUT2D eigenvalue weighted by Gasteiger charge is 2.30. The predicted molar refractivity (Wildman–Crippen MR) is 114 cm³/mol. The van der Waals surface area contributed by atoms with Crippen LogP contribution < -0.4 is 14.7 Å². The van der Waals surface area contributed by atoms with Crippen LogP contribution in [0, 0.1) is 5.92 Å². The van der Waals surface area contributed by atoms with E-state index < -0.39 is 11.6 Å². The maximum Gasteiger partial charge on any atom is 0.128 e. The number of carbonyl (C=O) groups excluding carboxylic acids is 1. The van der Waals surface area contributed by atoms with Crippen LogP contribution in [0.3, 0.4) is 0 Å². The number of hydrogen-bond acceptors (Lipinski definition) is 4. The maximum atomic E-state index is 11.0. The highest BCUT2D eigenvalue weighted by atomic mass is 16.5. The SMILES string of the molecule is CC1(C)C=C(c2cccc(N3CC(C(=O)[O-])C3)c2)c2ccc(C(C)(C)C)cc2O1. The van der Waals surface area contributed by atoms with Gasteiger partial charge in [-0.2, -0.15) is 0 Å². The van der Waals surface area contributed by atoms with Crippen molar-refractivity contribution in [2.75, 3.05) is 18.0 Å². The first kappa shape index (κ1) is 19.6. The number of ether oxygens (including phenoxy) is 1. The Labute approximate surface area is 172 Å². The largest absolute Gasteiger partial charge is 0.550 e. The first-order chi connectivity index (χ1) is 13.5. The Morgan fingerprint density at radius 2 is 1.86 bits per heavy atom. The lowest BCUT2D eigenvalue weighted by Crippen LogP contribution is -2.54. The van der Waals surface area contributed by atoms with Gasteiger partial charge in [-0.15, -0.1) is 0 Å². The molecule has 0 atom stereocenters. The molecule has 152 valence electrons. The van der Waals surface area contributed by atoms with E-state index in [2.05, 4.69) is 75.9 Å². The van der Waals surface area contributed by atoms with E-state index in [1.807, 2.05) is 12.1 Å². The molecule has 2 aromatic rings. The minimum Gasteiger partial charge on any atom is -0.550 e. The summed E-state index contributed by atoms with van der Waals surface area (Å²) in [5.74, 6) is -0.433. The Balaban J connectivity index is 1.71. The summed E-state index contributed by atoms with van der Waals surface area (Å²) in [5, 5.41) is 11.0. The van der Waals surface area contributed by atoms with Crippen molar-refractivity contribution in [1.29, 1.82) is 0 Å². The zero-order chi connectivity index (χ0) is 21.0. The van der Waals surface area contributed by atoms with E-state index in [1.165, 1.54) is 5.56 Å². The highest BCUT2D eigenvalue weighted by Crippen LogP contribution is 2.42. The summed E-state index contributed by atoms with van der Waals surface area (Å²) in [6.07, 6.45) is 2.17. The van der Waals surface area contributed by atoms with Crippen LogP contribution >= 0.6 is 0 Å². The summed E-state index contributed by atoms with van der Waals surface area (Å²) < 4.78 is 6.30. The van der Waals surface area contributed by atoms with Gasteiger partial charge in [-0.25, -0.2) is 0 Å². The van der Waals surface area contributed by atoms with Crippen molar-refractivity contribution in [3.05, 3.63) is 65.2 Å². The smallest absolute Gasteiger partial charge is 0.128 e. The van der Waals surface area contributed by atoms with E-state index in [0.29, 0.717) is 13.1 Å². The summed E-state index contributed by atoms with van der Waals surface area (Å²) in [6, 6.07) is 14.8. The zero-order valence-corrected chi connectivity index (χ0v) is 17.8. The molecule has 0 spiro atoms. The topological polar surface area (TPSA) is 52.6 Å². The van der Waals surface area contributed by atoms with Gasteiger partial charge in [0.15, 0.2) is 0 Å². The molecule has 29 heavy (non-hydrogen) atoms. The predicted octanol–water partition coefficient (Wildman–Crippen LogP) is 3.77. The van der Waals surface area contributed by atoms with E-state index in [1.54, 1.807) is 0 Å². The lowest BCUT2D eigenvalue weighted by Gasteiger charge is -2.41. The Kier molecular flexibility index (Phi) is 4.49. The molecular weight excluding hydrogens is 362 g/mol. The number of carboxylic acids is 1. The molecule has 1 fully saturated rings. The molecule has 4 heteroatoms. The third-order valence-corrected chi connectivity index (χ3v) is 5.74. The van der Waals surface area contributed by atoms with E-state index in [4.69, 9.17) is 4.74 Å². The quantitative estimate of drug-likeness (QED) is 0.801. The van der Waals surface area contributed by atoms with Gasteiger partial charge in [0.25, 0.3) is 0 Å². The number of carboxylic acid groups (broad SMARTS) is 1. The molecule has 2 aromatic carbocycles. The molecule has 0 aromatic heterocycles. The number of nitrogens with zero attached hydrogens (tertiary/aromatic N) is 1. The Morgan fingerprint density at radius 3 is 2.52 bits per heavy atom. The number of carbonyl (C=O) groups is 1. The molecule has 0 bridgehead atoms. The molecule has 4 nitrogen and oxygen atoms in total. The number of hydrogen-bond donors (Lipinski definition) is 0. The van der Waals surface area contributed by atoms with Gasteiger partial charge in [0, 0.05) is 36.2 Å². The second-order valence-corrected chi connectivity index (χ2v) is 9.70. The van der Waals surface area contributed by atoms with Crippen molar-refractivity contribution < 1.29 is 14.6 Å². The maximum absolute atomic E-state index is 11.0. The fraction of sp³-hybridized carbons (Fsp3) is 0.400. The molecule has 0 N–H and O–H groups in total. The minimum atomic E-state index is -0.963. The molecule has 2 aliphatic rings. The van der Waals surface area contributed by atoms with Gasteiger partial charge >= 0.3 is 0 Å². The summed E-state index contributed by atoms with van der Waals surface area (Å²) in [7, 11) is 0. The standard InChI is InChI=1S/C25H29NO3/c1-24(2,3)18-9-10-20-21(13-25(4,5)29-22(20)12-18)16-7-6-8-19(11-16)26-14-17(15-26)23(27)28/h6-13,17H,14-15H2,1-5H3,(H,27,28)/p-1. The van der Waals surface area contributed by atoms with Crippen molar-refractivity contribution in [3.63, 3.8) is 0 Å². The first-order valence-electron chi connectivity index (χ1n) is 10.2. The van der Waals surface area contributed by atoms with E-state index in [-0.39, 0.29) is 11.3 Å². The van der Waals surface area contributed by atoms with Gasteiger partial charge in [-0.05, 0) is 60.2 Å². The van der Waals surface area contributed by atoms with E-state index in [9.17, 15) is 9.90 Å². The van der Waals surface area contributed by atoms with Crippen molar-refractivity contribution in [2.24, 2.45) is 5.92 Å². The average Bonchev–Trinajstić information content (AvgIpc) is 2.57. The van der Waals surface area contributed by atoms with Crippen LogP contribution in [-0.2, 0) is 10.2 Å². The van der Waals surface area contributed by atoms with Crippen LogP contribution in [0.15, 0.2) is 48.5 Å². The monoisotopic (exact) mass is 390 g/mol. The Morgan fingerprint density at radius 1 is 1.14 bits per heavy atom. The number of anilines is 1. The van der Waals surface area contributed by atoms with Crippen molar-refractivity contribution in [1.82, 2.24) is 0 Å². The minimum absolute atomic E-state index is 0.0524. The molecule has 2 aliphatic heterocycles. The van der Waals surface area contributed by atoms with Crippen molar-refractivity contribution in [2.45, 2.75) is 45.6 Å². The van der Waals surface area contributed by atoms with Gasteiger partial charge in [0.1, 0.15) is 11.4 Å². The summed E-state index contributed by atoms with van der Waals surface area (Å²) >= 11 is 0. The second-order valence-electron chi connectivity index (χ2n) is 9.70. The molecule has 0 aliphatic carbocycles. The lowest BCUT2D eigenvalue weighted by atomic mass is 9.83. The van der Waals surface area contributed by atoms with Gasteiger partial charge in [0.05, 0.1) is 0 Å².